The van der Waals surface area contributed by atoms with Crippen LogP contribution in [0.2, 0.25) is 0 Å². The van der Waals surface area contributed by atoms with Gasteiger partial charge in [0.05, 0.1) is 6.54 Å². The van der Waals surface area contributed by atoms with Crippen LogP contribution in [0.15, 0.2) is 30.3 Å². The number of nitrogens with one attached hydrogen (secondary N) is 1. The SMILES string of the molecule is CCCN(C(=O)CNC)c1ccccc1. The molecule has 1 aromatic rings. The zero-order chi connectivity index (χ0) is 11.1. The van der Waals surface area contributed by atoms with Crippen molar-refractivity contribution in [3.8, 4) is 0 Å². The van der Waals surface area contributed by atoms with Gasteiger partial charge >= 0.3 is 0 Å². The van der Waals surface area contributed by atoms with Crippen molar-refractivity contribution in [1.82, 2.24) is 5.32 Å². The third kappa shape index (κ3) is 3.36. The first-order valence-corrected chi connectivity index (χ1v) is 5.29. The molecule has 0 spiro atoms. The molecule has 0 heterocycles. The Balaban J connectivity index is 2.78. The first-order chi connectivity index (χ1) is 7.29. The molecule has 0 aliphatic rings. The van der Waals surface area contributed by atoms with Crippen LogP contribution in [0.25, 0.3) is 0 Å². The van der Waals surface area contributed by atoms with Crippen LogP contribution in [0, 0.1) is 0 Å². The number of hydrogen-bond donors (Lipinski definition) is 1. The molecule has 0 aromatic heterocycles. The van der Waals surface area contributed by atoms with Crippen LogP contribution in [-0.4, -0.2) is 26.0 Å². The Kier molecular flexibility index (Phi) is 4.84. The van der Waals surface area contributed by atoms with Crippen molar-refractivity contribution in [2.75, 3.05) is 25.0 Å². The Hall–Kier alpha value is -1.35. The fourth-order valence-corrected chi connectivity index (χ4v) is 1.48. The topological polar surface area (TPSA) is 32.3 Å². The van der Waals surface area contributed by atoms with Crippen LogP contribution >= 0.6 is 0 Å². The van der Waals surface area contributed by atoms with Crippen LogP contribution in [0.5, 0.6) is 0 Å². The summed E-state index contributed by atoms with van der Waals surface area (Å²) in [6.07, 6.45) is 0.963. The van der Waals surface area contributed by atoms with Crippen molar-refractivity contribution >= 4 is 11.6 Å². The third-order valence-corrected chi connectivity index (χ3v) is 2.14. The summed E-state index contributed by atoms with van der Waals surface area (Å²) in [6, 6.07) is 9.78. The second-order valence-corrected chi connectivity index (χ2v) is 3.41. The van der Waals surface area contributed by atoms with Gasteiger partial charge in [-0.25, -0.2) is 0 Å². The number of para-hydroxylation sites is 1. The van der Waals surface area contributed by atoms with Gasteiger partial charge in [0.2, 0.25) is 5.91 Å². The monoisotopic (exact) mass is 206 g/mol. The lowest BCUT2D eigenvalue weighted by Gasteiger charge is -2.22. The molecular weight excluding hydrogens is 188 g/mol. The molecule has 0 aliphatic carbocycles. The van der Waals surface area contributed by atoms with Gasteiger partial charge in [-0.15, -0.1) is 0 Å². The highest BCUT2D eigenvalue weighted by Gasteiger charge is 2.12. The van der Waals surface area contributed by atoms with Crippen molar-refractivity contribution in [2.24, 2.45) is 0 Å². The summed E-state index contributed by atoms with van der Waals surface area (Å²) in [5.74, 6) is 0.116. The van der Waals surface area contributed by atoms with Crippen LogP contribution < -0.4 is 10.2 Å². The number of amides is 1. The molecular formula is C12H18N2O. The van der Waals surface area contributed by atoms with E-state index < -0.39 is 0 Å². The van der Waals surface area contributed by atoms with Gasteiger partial charge in [-0.3, -0.25) is 4.79 Å². The lowest BCUT2D eigenvalue weighted by molar-refractivity contribution is -0.117. The van der Waals surface area contributed by atoms with Crippen molar-refractivity contribution in [3.05, 3.63) is 30.3 Å². The molecule has 0 aliphatic heterocycles. The van der Waals surface area contributed by atoms with Gasteiger partial charge in [0.15, 0.2) is 0 Å². The zero-order valence-corrected chi connectivity index (χ0v) is 9.36. The maximum atomic E-state index is 11.8. The van der Waals surface area contributed by atoms with Gasteiger partial charge in [0, 0.05) is 12.2 Å². The molecule has 3 heteroatoms. The number of anilines is 1. The first kappa shape index (κ1) is 11.7. The molecule has 0 saturated heterocycles. The fraction of sp³-hybridized carbons (Fsp3) is 0.417. The van der Waals surface area contributed by atoms with E-state index in [9.17, 15) is 4.79 Å². The average Bonchev–Trinajstić information content (AvgIpc) is 2.27. The largest absolute Gasteiger partial charge is 0.311 e. The predicted molar refractivity (Wildman–Crippen MR) is 63.0 cm³/mol. The lowest BCUT2D eigenvalue weighted by Crippen LogP contribution is -2.37. The minimum Gasteiger partial charge on any atom is -0.311 e. The number of rotatable bonds is 5. The second-order valence-electron chi connectivity index (χ2n) is 3.41. The number of hydrogen-bond acceptors (Lipinski definition) is 2. The van der Waals surface area contributed by atoms with Crippen LogP contribution in [-0.2, 0) is 4.79 Å². The lowest BCUT2D eigenvalue weighted by atomic mass is 10.2. The smallest absolute Gasteiger partial charge is 0.240 e. The average molecular weight is 206 g/mol. The molecule has 3 nitrogen and oxygen atoms in total. The summed E-state index contributed by atoms with van der Waals surface area (Å²) in [6.45, 7) is 3.22. The Labute approximate surface area is 91.1 Å². The van der Waals surface area contributed by atoms with Gasteiger partial charge in [-0.05, 0) is 25.6 Å². The second kappa shape index (κ2) is 6.19. The minimum absolute atomic E-state index is 0.116. The van der Waals surface area contributed by atoms with E-state index in [0.717, 1.165) is 18.7 Å². The zero-order valence-electron chi connectivity index (χ0n) is 9.36. The number of benzene rings is 1. The summed E-state index contributed by atoms with van der Waals surface area (Å²) >= 11 is 0. The fourth-order valence-electron chi connectivity index (χ4n) is 1.48. The van der Waals surface area contributed by atoms with E-state index in [1.165, 1.54) is 0 Å². The standard InChI is InChI=1S/C12H18N2O/c1-3-9-14(12(15)10-13-2)11-7-5-4-6-8-11/h4-8,13H,3,9-10H2,1-2H3. The van der Waals surface area contributed by atoms with E-state index in [0.29, 0.717) is 6.54 Å². The van der Waals surface area contributed by atoms with Gasteiger partial charge < -0.3 is 10.2 Å². The third-order valence-electron chi connectivity index (χ3n) is 2.14. The van der Waals surface area contributed by atoms with E-state index in [4.69, 9.17) is 0 Å². The molecule has 0 atom stereocenters. The van der Waals surface area contributed by atoms with E-state index in [2.05, 4.69) is 12.2 Å². The summed E-state index contributed by atoms with van der Waals surface area (Å²) < 4.78 is 0. The first-order valence-electron chi connectivity index (χ1n) is 5.29. The number of nitrogens with zero attached hydrogens (tertiary/aromatic N) is 1. The van der Waals surface area contributed by atoms with E-state index >= 15 is 0 Å². The van der Waals surface area contributed by atoms with E-state index in [1.54, 1.807) is 7.05 Å². The number of carbonyl (C=O) groups excluding carboxylic acids is 1. The van der Waals surface area contributed by atoms with E-state index in [1.807, 2.05) is 35.2 Å². The summed E-state index contributed by atoms with van der Waals surface area (Å²) in [7, 11) is 1.78. The van der Waals surface area contributed by atoms with Gasteiger partial charge in [0.1, 0.15) is 0 Å². The van der Waals surface area contributed by atoms with Crippen molar-refractivity contribution < 1.29 is 4.79 Å². The molecule has 1 aromatic carbocycles. The highest BCUT2D eigenvalue weighted by atomic mass is 16.2. The molecule has 15 heavy (non-hydrogen) atoms. The van der Waals surface area contributed by atoms with Crippen LogP contribution in [0.3, 0.4) is 0 Å². The van der Waals surface area contributed by atoms with Gasteiger partial charge in [0.25, 0.3) is 0 Å². The quantitative estimate of drug-likeness (QED) is 0.794. The molecule has 0 radical (unpaired) electrons. The maximum Gasteiger partial charge on any atom is 0.240 e. The van der Waals surface area contributed by atoms with Crippen molar-refractivity contribution in [1.29, 1.82) is 0 Å². The minimum atomic E-state index is 0.116. The normalized spacial score (nSPS) is 10.0. The Morgan fingerprint density at radius 2 is 2.00 bits per heavy atom. The number of carbonyl (C=O) groups is 1. The van der Waals surface area contributed by atoms with Crippen molar-refractivity contribution in [3.63, 3.8) is 0 Å². The summed E-state index contributed by atoms with van der Waals surface area (Å²) in [5.41, 5.74) is 0.972. The van der Waals surface area contributed by atoms with E-state index in [-0.39, 0.29) is 5.91 Å². The number of likely N-dealkylation sites (N-methyl/N-ethyl adjacent to an activating group) is 1. The summed E-state index contributed by atoms with van der Waals surface area (Å²) in [5, 5.41) is 2.88. The Bertz CT molecular complexity index is 298. The van der Waals surface area contributed by atoms with Crippen LogP contribution in [0.4, 0.5) is 5.69 Å². The molecule has 82 valence electrons. The van der Waals surface area contributed by atoms with Crippen molar-refractivity contribution in [2.45, 2.75) is 13.3 Å². The Morgan fingerprint density at radius 1 is 1.33 bits per heavy atom. The van der Waals surface area contributed by atoms with Crippen LogP contribution in [0.1, 0.15) is 13.3 Å². The predicted octanol–water partition coefficient (Wildman–Crippen LogP) is 1.65. The Morgan fingerprint density at radius 3 is 2.53 bits per heavy atom. The highest BCUT2D eigenvalue weighted by molar-refractivity contribution is 5.94. The molecule has 0 fully saturated rings. The molecule has 1 N–H and O–H groups in total. The molecule has 0 saturated carbocycles. The molecule has 0 unspecified atom stereocenters. The molecule has 0 bridgehead atoms. The molecule has 1 rings (SSSR count). The summed E-state index contributed by atoms with van der Waals surface area (Å²) in [4.78, 5) is 13.6. The maximum absolute atomic E-state index is 11.8. The van der Waals surface area contributed by atoms with Gasteiger partial charge in [-0.2, -0.15) is 0 Å². The van der Waals surface area contributed by atoms with Gasteiger partial charge in [-0.1, -0.05) is 25.1 Å². The molecule has 1 amide bonds. The highest BCUT2D eigenvalue weighted by Crippen LogP contribution is 2.13.